The summed E-state index contributed by atoms with van der Waals surface area (Å²) >= 11 is 2.41. The fourth-order valence-corrected chi connectivity index (χ4v) is 3.51. The smallest absolute Gasteiger partial charge is 0.257 e. The first-order valence-electron chi connectivity index (χ1n) is 9.36. The van der Waals surface area contributed by atoms with Gasteiger partial charge in [-0.25, -0.2) is 0 Å². The summed E-state index contributed by atoms with van der Waals surface area (Å²) < 4.78 is 12.1. The molecule has 1 amide bonds. The molecule has 6 heteroatoms. The van der Waals surface area contributed by atoms with E-state index in [1.54, 1.807) is 14.2 Å². The van der Waals surface area contributed by atoms with Gasteiger partial charge < -0.3 is 20.1 Å². The van der Waals surface area contributed by atoms with E-state index in [0.717, 1.165) is 17.4 Å². The fourth-order valence-electron chi connectivity index (χ4n) is 2.89. The number of amides is 1. The highest BCUT2D eigenvalue weighted by Crippen LogP contribution is 2.18. The van der Waals surface area contributed by atoms with Crippen molar-refractivity contribution in [1.29, 1.82) is 0 Å². The molecule has 2 atom stereocenters. The van der Waals surface area contributed by atoms with Crippen LogP contribution < -0.4 is 15.4 Å². The molecule has 0 radical (unpaired) electrons. The summed E-state index contributed by atoms with van der Waals surface area (Å²) in [7, 11) is 3.35. The maximum absolute atomic E-state index is 11.3. The van der Waals surface area contributed by atoms with Crippen LogP contribution in [0.5, 0.6) is 5.75 Å². The van der Waals surface area contributed by atoms with E-state index in [1.165, 1.54) is 16.7 Å². The lowest BCUT2D eigenvalue weighted by Crippen LogP contribution is -2.36. The number of methoxy groups -OCH3 is 1. The molecule has 0 fully saturated rings. The van der Waals surface area contributed by atoms with Crippen LogP contribution in [0.4, 0.5) is 0 Å². The first-order chi connectivity index (χ1) is 13.5. The van der Waals surface area contributed by atoms with Crippen molar-refractivity contribution in [2.24, 2.45) is 0 Å². The number of hydrogen-bond acceptors (Lipinski definition) is 4. The van der Waals surface area contributed by atoms with Crippen molar-refractivity contribution < 1.29 is 14.3 Å². The number of carbonyl (C=O) groups excluding carboxylic acids is 1. The molecule has 0 saturated heterocycles. The Balaban J connectivity index is 1.88. The Morgan fingerprint density at radius 3 is 2.54 bits per heavy atom. The largest absolute Gasteiger partial charge is 0.484 e. The van der Waals surface area contributed by atoms with Crippen LogP contribution in [0.15, 0.2) is 48.5 Å². The molecule has 2 unspecified atom stereocenters. The van der Waals surface area contributed by atoms with E-state index < -0.39 is 0 Å². The highest BCUT2D eigenvalue weighted by Gasteiger charge is 2.14. The third-order valence-electron chi connectivity index (χ3n) is 4.53. The zero-order chi connectivity index (χ0) is 20.4. The van der Waals surface area contributed by atoms with Crippen LogP contribution in [-0.4, -0.2) is 43.7 Å². The van der Waals surface area contributed by atoms with E-state index in [2.05, 4.69) is 76.5 Å². The molecule has 2 rings (SSSR count). The van der Waals surface area contributed by atoms with Crippen molar-refractivity contribution in [1.82, 2.24) is 10.6 Å². The highest BCUT2D eigenvalue weighted by atomic mass is 127. The minimum atomic E-state index is -0.139. The first-order valence-corrected chi connectivity index (χ1v) is 10.9. The number of likely N-dealkylation sites (N-methyl/N-ethyl adjacent to an activating group) is 1. The fraction of sp³-hybridized carbons (Fsp3) is 0.409. The van der Waals surface area contributed by atoms with Gasteiger partial charge in [-0.05, 0) is 36.6 Å². The predicted octanol–water partition coefficient (Wildman–Crippen LogP) is 3.44. The van der Waals surface area contributed by atoms with Crippen molar-refractivity contribution in [3.8, 4) is 5.75 Å². The Bertz CT molecular complexity index is 737. The van der Waals surface area contributed by atoms with E-state index in [4.69, 9.17) is 9.47 Å². The zero-order valence-corrected chi connectivity index (χ0v) is 18.9. The third kappa shape index (κ3) is 7.41. The van der Waals surface area contributed by atoms with Gasteiger partial charge in [0.25, 0.3) is 5.91 Å². The molecule has 0 saturated carbocycles. The molecule has 2 N–H and O–H groups in total. The van der Waals surface area contributed by atoms with Gasteiger partial charge in [0.05, 0.1) is 6.10 Å². The number of nitrogens with one attached hydrogen (secondary N) is 2. The van der Waals surface area contributed by atoms with Crippen LogP contribution in [-0.2, 0) is 16.0 Å². The lowest BCUT2D eigenvalue weighted by Gasteiger charge is -2.22. The molecule has 0 spiro atoms. The molecular weight excluding hydrogens is 467 g/mol. The van der Waals surface area contributed by atoms with Crippen LogP contribution in [0.2, 0.25) is 0 Å². The zero-order valence-electron chi connectivity index (χ0n) is 16.7. The molecular formula is C22H29IN2O3. The minimum absolute atomic E-state index is 0.0329. The molecule has 0 aliphatic carbocycles. The minimum Gasteiger partial charge on any atom is -0.484 e. The number of aryl methyl sites for hydroxylation is 1. The number of carbonyl (C=O) groups is 1. The summed E-state index contributed by atoms with van der Waals surface area (Å²) in [4.78, 5) is 11.3. The van der Waals surface area contributed by atoms with Gasteiger partial charge in [0.2, 0.25) is 0 Å². The predicted molar refractivity (Wildman–Crippen MR) is 121 cm³/mol. The van der Waals surface area contributed by atoms with Gasteiger partial charge in [-0.3, -0.25) is 4.79 Å². The third-order valence-corrected chi connectivity index (χ3v) is 5.59. The molecule has 2 aromatic carbocycles. The molecule has 28 heavy (non-hydrogen) atoms. The quantitative estimate of drug-likeness (QED) is 0.370. The van der Waals surface area contributed by atoms with Gasteiger partial charge in [0, 0.05) is 31.2 Å². The number of alkyl halides is 1. The van der Waals surface area contributed by atoms with E-state index in [9.17, 15) is 4.79 Å². The van der Waals surface area contributed by atoms with Crippen LogP contribution in [0.25, 0.3) is 0 Å². The van der Waals surface area contributed by atoms with Crippen LogP contribution >= 0.6 is 22.6 Å². The Morgan fingerprint density at radius 2 is 1.93 bits per heavy atom. The lowest BCUT2D eigenvalue weighted by atomic mass is 10.0. The molecule has 0 aliphatic heterocycles. The molecule has 0 aromatic heterocycles. The monoisotopic (exact) mass is 496 g/mol. The van der Waals surface area contributed by atoms with Gasteiger partial charge >= 0.3 is 0 Å². The molecule has 152 valence electrons. The van der Waals surface area contributed by atoms with Crippen LogP contribution in [0.1, 0.15) is 22.8 Å². The average Bonchev–Trinajstić information content (AvgIpc) is 2.72. The SMILES string of the molecule is CNC(=O)COc1ccc(CC(CI)NCC(OC)c2cccc(C)c2)cc1. The highest BCUT2D eigenvalue weighted by molar-refractivity contribution is 14.1. The Kier molecular flexibility index (Phi) is 9.73. The lowest BCUT2D eigenvalue weighted by molar-refractivity contribution is -0.122. The molecule has 2 aromatic rings. The van der Waals surface area contributed by atoms with E-state index in [1.807, 2.05) is 12.1 Å². The van der Waals surface area contributed by atoms with Crippen molar-refractivity contribution in [3.63, 3.8) is 0 Å². The summed E-state index contributed by atoms with van der Waals surface area (Å²) in [6.45, 7) is 2.89. The molecule has 0 heterocycles. The summed E-state index contributed by atoms with van der Waals surface area (Å²) in [6.07, 6.45) is 0.953. The molecule has 0 aliphatic rings. The average molecular weight is 496 g/mol. The van der Waals surface area contributed by atoms with Gasteiger partial charge in [0.15, 0.2) is 6.61 Å². The van der Waals surface area contributed by atoms with E-state index in [0.29, 0.717) is 11.8 Å². The molecule has 5 nitrogen and oxygen atoms in total. The Morgan fingerprint density at radius 1 is 1.18 bits per heavy atom. The number of halogens is 1. The van der Waals surface area contributed by atoms with Crippen LogP contribution in [0.3, 0.4) is 0 Å². The number of benzene rings is 2. The summed E-state index contributed by atoms with van der Waals surface area (Å²) in [5, 5.41) is 6.17. The second-order valence-electron chi connectivity index (χ2n) is 6.71. The maximum atomic E-state index is 11.3. The van der Waals surface area contributed by atoms with Gasteiger partial charge in [-0.2, -0.15) is 0 Å². The van der Waals surface area contributed by atoms with Crippen molar-refractivity contribution in [2.45, 2.75) is 25.5 Å². The first kappa shape index (κ1) is 22.6. The Hall–Kier alpha value is -1.64. The number of rotatable bonds is 11. The van der Waals surface area contributed by atoms with E-state index in [-0.39, 0.29) is 18.6 Å². The summed E-state index contributed by atoms with van der Waals surface area (Å²) in [5.74, 6) is 0.560. The summed E-state index contributed by atoms with van der Waals surface area (Å²) in [6, 6.07) is 16.7. The molecule has 0 bridgehead atoms. The normalized spacial score (nSPS) is 13.0. The topological polar surface area (TPSA) is 59.6 Å². The maximum Gasteiger partial charge on any atom is 0.257 e. The Labute approximate surface area is 181 Å². The van der Waals surface area contributed by atoms with Crippen LogP contribution in [0, 0.1) is 6.92 Å². The number of ether oxygens (including phenoxy) is 2. The number of hydrogen-bond donors (Lipinski definition) is 2. The van der Waals surface area contributed by atoms with Crippen molar-refractivity contribution in [3.05, 3.63) is 65.2 Å². The second kappa shape index (κ2) is 12.0. The van der Waals surface area contributed by atoms with Crippen molar-refractivity contribution in [2.75, 3.05) is 31.7 Å². The van der Waals surface area contributed by atoms with E-state index >= 15 is 0 Å². The van der Waals surface area contributed by atoms with Gasteiger partial charge in [-0.15, -0.1) is 0 Å². The summed E-state index contributed by atoms with van der Waals surface area (Å²) in [5.41, 5.74) is 3.66. The second-order valence-corrected chi connectivity index (χ2v) is 7.59. The van der Waals surface area contributed by atoms with Crippen molar-refractivity contribution >= 4 is 28.5 Å². The van der Waals surface area contributed by atoms with Gasteiger partial charge in [-0.1, -0.05) is 64.6 Å². The standard InChI is InChI=1S/C22H29IN2O3/c1-16-5-4-6-18(11-16)21(27-3)14-25-19(13-23)12-17-7-9-20(10-8-17)28-15-22(26)24-2/h4-11,19,21,25H,12-15H2,1-3H3,(H,24,26). The van der Waals surface area contributed by atoms with Gasteiger partial charge in [0.1, 0.15) is 5.75 Å².